The second-order valence-corrected chi connectivity index (χ2v) is 4.23. The van der Waals surface area contributed by atoms with Crippen LogP contribution in [0.2, 0.25) is 0 Å². The fourth-order valence-electron chi connectivity index (χ4n) is 1.71. The van der Waals surface area contributed by atoms with Gasteiger partial charge in [-0.05, 0) is 12.0 Å². The SMILES string of the molecule is CN(CCc1ccccc1)c1cnc(CN)cn1. The zero-order chi connectivity index (χ0) is 12.8. The van der Waals surface area contributed by atoms with E-state index in [-0.39, 0.29) is 0 Å². The normalized spacial score (nSPS) is 10.3. The van der Waals surface area contributed by atoms with E-state index in [2.05, 4.69) is 39.1 Å². The number of anilines is 1. The van der Waals surface area contributed by atoms with Gasteiger partial charge in [0.05, 0.1) is 18.1 Å². The first kappa shape index (κ1) is 12.5. The smallest absolute Gasteiger partial charge is 0.146 e. The molecule has 0 spiro atoms. The topological polar surface area (TPSA) is 55.0 Å². The predicted octanol–water partition coefficient (Wildman–Crippen LogP) is 1.61. The van der Waals surface area contributed by atoms with Crippen molar-refractivity contribution >= 4 is 5.82 Å². The monoisotopic (exact) mass is 242 g/mol. The molecule has 2 N–H and O–H groups in total. The molecule has 0 aliphatic heterocycles. The molecule has 4 nitrogen and oxygen atoms in total. The van der Waals surface area contributed by atoms with Crippen LogP contribution >= 0.6 is 0 Å². The van der Waals surface area contributed by atoms with Gasteiger partial charge in [0, 0.05) is 20.1 Å². The van der Waals surface area contributed by atoms with Gasteiger partial charge >= 0.3 is 0 Å². The van der Waals surface area contributed by atoms with Crippen LogP contribution in [-0.2, 0) is 13.0 Å². The summed E-state index contributed by atoms with van der Waals surface area (Å²) < 4.78 is 0. The highest BCUT2D eigenvalue weighted by Gasteiger charge is 2.03. The van der Waals surface area contributed by atoms with E-state index in [1.54, 1.807) is 12.4 Å². The van der Waals surface area contributed by atoms with Crippen LogP contribution in [-0.4, -0.2) is 23.6 Å². The molecule has 0 saturated carbocycles. The van der Waals surface area contributed by atoms with Crippen molar-refractivity contribution < 1.29 is 0 Å². The highest BCUT2D eigenvalue weighted by molar-refractivity contribution is 5.34. The largest absolute Gasteiger partial charge is 0.358 e. The van der Waals surface area contributed by atoms with Gasteiger partial charge in [-0.25, -0.2) is 4.98 Å². The number of nitrogens with zero attached hydrogens (tertiary/aromatic N) is 3. The number of nitrogens with two attached hydrogens (primary N) is 1. The average molecular weight is 242 g/mol. The van der Waals surface area contributed by atoms with E-state index in [4.69, 9.17) is 5.73 Å². The minimum atomic E-state index is 0.432. The lowest BCUT2D eigenvalue weighted by Crippen LogP contribution is -2.21. The molecule has 94 valence electrons. The van der Waals surface area contributed by atoms with Gasteiger partial charge in [-0.2, -0.15) is 0 Å². The zero-order valence-corrected chi connectivity index (χ0v) is 10.6. The molecule has 0 bridgehead atoms. The van der Waals surface area contributed by atoms with Crippen molar-refractivity contribution in [3.8, 4) is 0 Å². The Balaban J connectivity index is 1.93. The molecule has 2 aromatic rings. The van der Waals surface area contributed by atoms with Crippen molar-refractivity contribution in [3.05, 3.63) is 54.0 Å². The Labute approximate surface area is 107 Å². The van der Waals surface area contributed by atoms with Crippen LogP contribution in [0.25, 0.3) is 0 Å². The maximum absolute atomic E-state index is 5.49. The molecule has 1 heterocycles. The van der Waals surface area contributed by atoms with Crippen LogP contribution in [0.15, 0.2) is 42.7 Å². The van der Waals surface area contributed by atoms with Gasteiger partial charge in [-0.3, -0.25) is 4.98 Å². The van der Waals surface area contributed by atoms with Crippen molar-refractivity contribution in [2.75, 3.05) is 18.5 Å². The van der Waals surface area contributed by atoms with E-state index in [0.717, 1.165) is 24.5 Å². The Morgan fingerprint density at radius 2 is 1.89 bits per heavy atom. The Hall–Kier alpha value is -1.94. The van der Waals surface area contributed by atoms with Crippen LogP contribution in [0.4, 0.5) is 5.82 Å². The third kappa shape index (κ3) is 3.28. The summed E-state index contributed by atoms with van der Waals surface area (Å²) in [6.45, 7) is 1.35. The first-order chi connectivity index (χ1) is 8.79. The molecule has 1 aromatic heterocycles. The number of benzene rings is 1. The Kier molecular flexibility index (Phi) is 4.25. The van der Waals surface area contributed by atoms with E-state index in [0.29, 0.717) is 6.54 Å². The molecule has 0 saturated heterocycles. The number of aromatic nitrogens is 2. The lowest BCUT2D eigenvalue weighted by atomic mass is 10.1. The number of hydrogen-bond acceptors (Lipinski definition) is 4. The van der Waals surface area contributed by atoms with Gasteiger partial charge in [-0.15, -0.1) is 0 Å². The molecule has 0 amide bonds. The highest BCUT2D eigenvalue weighted by Crippen LogP contribution is 2.08. The molecule has 0 radical (unpaired) electrons. The van der Waals surface area contributed by atoms with E-state index >= 15 is 0 Å². The fraction of sp³-hybridized carbons (Fsp3) is 0.286. The van der Waals surface area contributed by atoms with Crippen LogP contribution in [0, 0.1) is 0 Å². The van der Waals surface area contributed by atoms with Gasteiger partial charge in [0.25, 0.3) is 0 Å². The lowest BCUT2D eigenvalue weighted by Gasteiger charge is -2.17. The summed E-state index contributed by atoms with van der Waals surface area (Å²) in [6, 6.07) is 10.4. The van der Waals surface area contributed by atoms with Crippen molar-refractivity contribution in [1.29, 1.82) is 0 Å². The van der Waals surface area contributed by atoms with Crippen LogP contribution in [0.1, 0.15) is 11.3 Å². The molecule has 0 unspecified atom stereocenters. The Bertz CT molecular complexity index is 467. The van der Waals surface area contributed by atoms with Gasteiger partial charge in [0.1, 0.15) is 5.82 Å². The molecule has 0 fully saturated rings. The zero-order valence-electron chi connectivity index (χ0n) is 10.6. The Morgan fingerprint density at radius 1 is 1.11 bits per heavy atom. The summed E-state index contributed by atoms with van der Waals surface area (Å²) in [5.41, 5.74) is 7.64. The van der Waals surface area contributed by atoms with Gasteiger partial charge < -0.3 is 10.6 Å². The molecule has 2 rings (SSSR count). The molecule has 0 atom stereocenters. The maximum atomic E-state index is 5.49. The van der Waals surface area contributed by atoms with E-state index in [1.807, 2.05) is 13.1 Å². The van der Waals surface area contributed by atoms with Crippen molar-refractivity contribution in [1.82, 2.24) is 9.97 Å². The molecule has 18 heavy (non-hydrogen) atoms. The number of hydrogen-bond donors (Lipinski definition) is 1. The summed E-state index contributed by atoms with van der Waals surface area (Å²) in [7, 11) is 2.02. The lowest BCUT2D eigenvalue weighted by molar-refractivity contribution is 0.846. The van der Waals surface area contributed by atoms with Crippen LogP contribution in [0.3, 0.4) is 0 Å². The molecule has 0 aliphatic carbocycles. The quantitative estimate of drug-likeness (QED) is 0.865. The second-order valence-electron chi connectivity index (χ2n) is 4.23. The van der Waals surface area contributed by atoms with E-state index in [1.165, 1.54) is 5.56 Å². The van der Waals surface area contributed by atoms with Crippen LogP contribution < -0.4 is 10.6 Å². The molecule has 4 heteroatoms. The van der Waals surface area contributed by atoms with Crippen molar-refractivity contribution in [3.63, 3.8) is 0 Å². The number of likely N-dealkylation sites (N-methyl/N-ethyl adjacent to an activating group) is 1. The summed E-state index contributed by atoms with van der Waals surface area (Å²) >= 11 is 0. The van der Waals surface area contributed by atoms with Crippen LogP contribution in [0.5, 0.6) is 0 Å². The first-order valence-corrected chi connectivity index (χ1v) is 6.05. The standard InChI is InChI=1S/C14H18N4/c1-18(8-7-12-5-3-2-4-6-12)14-11-16-13(9-15)10-17-14/h2-6,10-11H,7-9,15H2,1H3. The van der Waals surface area contributed by atoms with E-state index < -0.39 is 0 Å². The van der Waals surface area contributed by atoms with E-state index in [9.17, 15) is 0 Å². The van der Waals surface area contributed by atoms with Crippen molar-refractivity contribution in [2.24, 2.45) is 5.73 Å². The van der Waals surface area contributed by atoms with Crippen molar-refractivity contribution in [2.45, 2.75) is 13.0 Å². The summed E-state index contributed by atoms with van der Waals surface area (Å²) in [5.74, 6) is 0.878. The average Bonchev–Trinajstić information content (AvgIpc) is 2.46. The fourth-order valence-corrected chi connectivity index (χ4v) is 1.71. The highest BCUT2D eigenvalue weighted by atomic mass is 15.2. The molecule has 1 aromatic carbocycles. The summed E-state index contributed by atoms with van der Waals surface area (Å²) in [5, 5.41) is 0. The third-order valence-corrected chi connectivity index (χ3v) is 2.87. The second kappa shape index (κ2) is 6.12. The predicted molar refractivity (Wildman–Crippen MR) is 73.3 cm³/mol. The van der Waals surface area contributed by atoms with Gasteiger partial charge in [0.2, 0.25) is 0 Å². The molecular formula is C14H18N4. The third-order valence-electron chi connectivity index (χ3n) is 2.87. The minimum Gasteiger partial charge on any atom is -0.358 e. The first-order valence-electron chi connectivity index (χ1n) is 6.05. The maximum Gasteiger partial charge on any atom is 0.146 e. The Morgan fingerprint density at radius 3 is 2.50 bits per heavy atom. The summed E-state index contributed by atoms with van der Waals surface area (Å²) in [4.78, 5) is 10.7. The number of rotatable bonds is 5. The van der Waals surface area contributed by atoms with Gasteiger partial charge in [0.15, 0.2) is 0 Å². The molecular weight excluding hydrogens is 224 g/mol. The summed E-state index contributed by atoms with van der Waals surface area (Å²) in [6.07, 6.45) is 4.50. The van der Waals surface area contributed by atoms with Gasteiger partial charge in [-0.1, -0.05) is 30.3 Å². The minimum absolute atomic E-state index is 0.432. The molecule has 0 aliphatic rings.